The van der Waals surface area contributed by atoms with Crippen molar-refractivity contribution in [2.45, 2.75) is 6.92 Å². The third-order valence-corrected chi connectivity index (χ3v) is 3.09. The predicted octanol–water partition coefficient (Wildman–Crippen LogP) is 3.22. The molecule has 1 heterocycles. The van der Waals surface area contributed by atoms with Crippen LogP contribution < -0.4 is 5.32 Å². The summed E-state index contributed by atoms with van der Waals surface area (Å²) in [7, 11) is 0. The van der Waals surface area contributed by atoms with Gasteiger partial charge in [0.05, 0.1) is 11.3 Å². The zero-order valence-electron chi connectivity index (χ0n) is 8.36. The molecule has 1 aromatic carbocycles. The summed E-state index contributed by atoms with van der Waals surface area (Å²) in [4.78, 5) is 4.18. The van der Waals surface area contributed by atoms with Crippen molar-refractivity contribution in [1.29, 1.82) is 5.26 Å². The summed E-state index contributed by atoms with van der Waals surface area (Å²) in [6.07, 6.45) is 0. The van der Waals surface area contributed by atoms with Crippen molar-refractivity contribution in [3.63, 3.8) is 0 Å². The van der Waals surface area contributed by atoms with Crippen LogP contribution in [0.4, 0.5) is 10.8 Å². The first kappa shape index (κ1) is 11.0. The maximum absolute atomic E-state index is 8.98. The van der Waals surface area contributed by atoms with Gasteiger partial charge in [-0.15, -0.1) is 0 Å². The number of nitrogens with zero attached hydrogens (tertiary/aromatic N) is 3. The van der Waals surface area contributed by atoms with E-state index in [4.69, 9.17) is 5.26 Å². The topological polar surface area (TPSA) is 61.6 Å². The molecule has 0 radical (unpaired) electrons. The number of aromatic nitrogens is 2. The first-order valence-electron chi connectivity index (χ1n) is 4.46. The number of nitrogens with one attached hydrogen (secondary N) is 1. The predicted molar refractivity (Wildman–Crippen MR) is 66.8 cm³/mol. The van der Waals surface area contributed by atoms with Gasteiger partial charge in [0, 0.05) is 16.0 Å². The van der Waals surface area contributed by atoms with Crippen LogP contribution in [0.3, 0.4) is 0 Å². The number of anilines is 2. The number of nitriles is 1. The van der Waals surface area contributed by atoms with Gasteiger partial charge in [-0.3, -0.25) is 0 Å². The Balaban J connectivity index is 2.31. The van der Waals surface area contributed by atoms with Crippen LogP contribution in [0.1, 0.15) is 11.4 Å². The maximum atomic E-state index is 8.98. The second kappa shape index (κ2) is 4.60. The molecule has 0 fully saturated rings. The fourth-order valence-corrected chi connectivity index (χ4v) is 2.13. The van der Waals surface area contributed by atoms with E-state index in [0.717, 1.165) is 16.0 Å². The lowest BCUT2D eigenvalue weighted by molar-refractivity contribution is 1.17. The molecule has 0 saturated carbocycles. The number of benzene rings is 1. The highest BCUT2D eigenvalue weighted by Crippen LogP contribution is 2.24. The number of aryl methyl sites for hydroxylation is 1. The molecule has 0 aliphatic rings. The van der Waals surface area contributed by atoms with Crippen LogP contribution in [0.2, 0.25) is 0 Å². The van der Waals surface area contributed by atoms with E-state index < -0.39 is 0 Å². The Bertz CT molecular complexity index is 558. The second-order valence-electron chi connectivity index (χ2n) is 3.07. The largest absolute Gasteiger partial charge is 0.329 e. The lowest BCUT2D eigenvalue weighted by atomic mass is 10.2. The highest BCUT2D eigenvalue weighted by molar-refractivity contribution is 9.10. The van der Waals surface area contributed by atoms with Crippen molar-refractivity contribution in [1.82, 2.24) is 9.36 Å². The van der Waals surface area contributed by atoms with Crippen molar-refractivity contribution in [2.24, 2.45) is 0 Å². The van der Waals surface area contributed by atoms with Gasteiger partial charge in [-0.05, 0) is 25.1 Å². The molecular formula is C10H7BrN4S. The molecule has 0 aliphatic carbocycles. The normalized spacial score (nSPS) is 9.81. The van der Waals surface area contributed by atoms with Crippen molar-refractivity contribution in [2.75, 3.05) is 5.32 Å². The average molecular weight is 295 g/mol. The molecule has 0 aliphatic heterocycles. The number of rotatable bonds is 2. The highest BCUT2D eigenvalue weighted by atomic mass is 79.9. The quantitative estimate of drug-likeness (QED) is 0.924. The molecule has 2 aromatic rings. The molecule has 1 aromatic heterocycles. The fraction of sp³-hybridized carbons (Fsp3) is 0.100. The molecule has 0 bridgehead atoms. The van der Waals surface area contributed by atoms with Gasteiger partial charge in [0.2, 0.25) is 5.13 Å². The van der Waals surface area contributed by atoms with Gasteiger partial charge in [0.25, 0.3) is 0 Å². The molecule has 0 saturated heterocycles. The van der Waals surface area contributed by atoms with E-state index in [1.165, 1.54) is 11.5 Å². The Kier molecular flexibility index (Phi) is 3.17. The van der Waals surface area contributed by atoms with Gasteiger partial charge in [0.15, 0.2) is 0 Å². The van der Waals surface area contributed by atoms with Crippen LogP contribution in [0.25, 0.3) is 0 Å². The van der Waals surface area contributed by atoms with Crippen LogP contribution in [0.15, 0.2) is 22.7 Å². The Morgan fingerprint density at radius 1 is 1.50 bits per heavy atom. The van der Waals surface area contributed by atoms with Crippen molar-refractivity contribution in [3.05, 3.63) is 34.1 Å². The van der Waals surface area contributed by atoms with E-state index in [1.54, 1.807) is 6.07 Å². The van der Waals surface area contributed by atoms with Crippen LogP contribution >= 0.6 is 27.5 Å². The standard InChI is InChI=1S/C10H7BrN4S/c1-6-13-10(16-15-6)14-9-3-2-8(11)4-7(9)5-12/h2-4H,1H3,(H,13,14,15). The summed E-state index contributed by atoms with van der Waals surface area (Å²) >= 11 is 4.60. The number of hydrogen-bond donors (Lipinski definition) is 1. The van der Waals surface area contributed by atoms with Gasteiger partial charge < -0.3 is 5.32 Å². The zero-order valence-corrected chi connectivity index (χ0v) is 10.8. The van der Waals surface area contributed by atoms with Crippen molar-refractivity contribution >= 4 is 38.3 Å². The van der Waals surface area contributed by atoms with Crippen LogP contribution in [-0.4, -0.2) is 9.36 Å². The summed E-state index contributed by atoms with van der Waals surface area (Å²) in [6, 6.07) is 7.59. The fourth-order valence-electron chi connectivity index (χ4n) is 1.18. The summed E-state index contributed by atoms with van der Waals surface area (Å²) < 4.78 is 4.94. The van der Waals surface area contributed by atoms with E-state index in [2.05, 4.69) is 36.7 Å². The second-order valence-corrected chi connectivity index (χ2v) is 4.74. The average Bonchev–Trinajstić information content (AvgIpc) is 2.67. The van der Waals surface area contributed by atoms with E-state index >= 15 is 0 Å². The maximum Gasteiger partial charge on any atom is 0.207 e. The molecule has 16 heavy (non-hydrogen) atoms. The van der Waals surface area contributed by atoms with Crippen LogP contribution in [0, 0.1) is 18.3 Å². The smallest absolute Gasteiger partial charge is 0.207 e. The number of hydrogen-bond acceptors (Lipinski definition) is 5. The minimum atomic E-state index is 0.572. The molecule has 6 heteroatoms. The summed E-state index contributed by atoms with van der Waals surface area (Å²) in [6.45, 7) is 1.83. The zero-order chi connectivity index (χ0) is 11.5. The highest BCUT2D eigenvalue weighted by Gasteiger charge is 2.05. The van der Waals surface area contributed by atoms with Gasteiger partial charge in [-0.1, -0.05) is 15.9 Å². The molecule has 0 atom stereocenters. The number of halogens is 1. The van der Waals surface area contributed by atoms with E-state index in [9.17, 15) is 0 Å². The van der Waals surface area contributed by atoms with E-state index in [1.807, 2.05) is 19.1 Å². The first-order valence-corrected chi connectivity index (χ1v) is 6.02. The lowest BCUT2D eigenvalue weighted by Crippen LogP contribution is -1.93. The van der Waals surface area contributed by atoms with Gasteiger partial charge in [-0.25, -0.2) is 4.98 Å². The summed E-state index contributed by atoms with van der Waals surface area (Å²) in [5.41, 5.74) is 1.31. The molecule has 0 amide bonds. The van der Waals surface area contributed by atoms with Gasteiger partial charge >= 0.3 is 0 Å². The molecular weight excluding hydrogens is 288 g/mol. The van der Waals surface area contributed by atoms with Crippen molar-refractivity contribution in [3.8, 4) is 6.07 Å². The third kappa shape index (κ3) is 2.38. The van der Waals surface area contributed by atoms with Gasteiger partial charge in [-0.2, -0.15) is 9.64 Å². The molecule has 4 nitrogen and oxygen atoms in total. The molecule has 0 unspecified atom stereocenters. The van der Waals surface area contributed by atoms with Crippen LogP contribution in [-0.2, 0) is 0 Å². The monoisotopic (exact) mass is 294 g/mol. The minimum absolute atomic E-state index is 0.572. The van der Waals surface area contributed by atoms with Gasteiger partial charge in [0.1, 0.15) is 11.9 Å². The Labute approximate surface area is 105 Å². The molecule has 2 rings (SSSR count). The minimum Gasteiger partial charge on any atom is -0.329 e. The Morgan fingerprint density at radius 3 is 2.94 bits per heavy atom. The van der Waals surface area contributed by atoms with Crippen molar-refractivity contribution < 1.29 is 0 Å². The summed E-state index contributed by atoms with van der Waals surface area (Å²) in [5, 5.41) is 12.7. The Hall–Kier alpha value is -1.45. The summed E-state index contributed by atoms with van der Waals surface area (Å²) in [5.74, 6) is 0.725. The third-order valence-electron chi connectivity index (χ3n) is 1.87. The SMILES string of the molecule is Cc1nsc(Nc2ccc(Br)cc2C#N)n1. The van der Waals surface area contributed by atoms with Crippen LogP contribution in [0.5, 0.6) is 0 Å². The Morgan fingerprint density at radius 2 is 2.31 bits per heavy atom. The first-order chi connectivity index (χ1) is 7.69. The molecule has 1 N–H and O–H groups in total. The lowest BCUT2D eigenvalue weighted by Gasteiger charge is -2.04. The van der Waals surface area contributed by atoms with E-state index in [0.29, 0.717) is 10.7 Å². The van der Waals surface area contributed by atoms with E-state index in [-0.39, 0.29) is 0 Å². The molecule has 0 spiro atoms. The molecule has 80 valence electrons.